The van der Waals surface area contributed by atoms with E-state index in [1.807, 2.05) is 66.4 Å². The molecule has 0 N–H and O–H groups in total. The number of thioether (sulfide) groups is 1. The van der Waals surface area contributed by atoms with Gasteiger partial charge in [0.1, 0.15) is 0 Å². The first-order valence-corrected chi connectivity index (χ1v) is 13.0. The van der Waals surface area contributed by atoms with Crippen LogP contribution in [0.4, 0.5) is 17.1 Å². The quantitative estimate of drug-likeness (QED) is 0.559. The van der Waals surface area contributed by atoms with Crippen LogP contribution in [-0.4, -0.2) is 55.3 Å². The number of anilines is 3. The first-order chi connectivity index (χ1) is 17.1. The standard InChI is InChI=1S/C28H28N4O2S/c1-21-11-13-23(14-12-21)32-26(33)19-35-28(32)24-9-5-6-10-25(24)31(27(28)34)20-29-15-17-30(18-16-29)22-7-3-2-4-8-22/h2-14H,15-20H2,1H3. The summed E-state index contributed by atoms with van der Waals surface area (Å²) < 4.78 is 0. The highest BCUT2D eigenvalue weighted by molar-refractivity contribution is 8.02. The van der Waals surface area contributed by atoms with E-state index in [2.05, 4.69) is 34.1 Å². The third kappa shape index (κ3) is 3.61. The van der Waals surface area contributed by atoms with Gasteiger partial charge in [0.2, 0.25) is 10.8 Å². The molecule has 2 saturated heterocycles. The lowest BCUT2D eigenvalue weighted by Gasteiger charge is -2.38. The Bertz CT molecular complexity index is 1260. The number of carbonyl (C=O) groups is 2. The van der Waals surface area contributed by atoms with E-state index in [0.29, 0.717) is 6.67 Å². The van der Waals surface area contributed by atoms with Crippen molar-refractivity contribution in [2.24, 2.45) is 0 Å². The number of amides is 2. The summed E-state index contributed by atoms with van der Waals surface area (Å²) in [5.41, 5.74) is 4.94. The Hall–Kier alpha value is -3.29. The maximum absolute atomic E-state index is 14.2. The lowest BCUT2D eigenvalue weighted by atomic mass is 10.0. The summed E-state index contributed by atoms with van der Waals surface area (Å²) in [6.07, 6.45) is 0. The summed E-state index contributed by atoms with van der Waals surface area (Å²) in [5, 5.41) is 0. The normalized spacial score (nSPS) is 22.4. The molecule has 1 spiro atoms. The number of para-hydroxylation sites is 2. The van der Waals surface area contributed by atoms with E-state index in [1.54, 1.807) is 4.90 Å². The van der Waals surface area contributed by atoms with Crippen molar-refractivity contribution in [3.8, 4) is 0 Å². The molecule has 3 heterocycles. The van der Waals surface area contributed by atoms with Crippen molar-refractivity contribution in [2.75, 3.05) is 53.3 Å². The molecule has 1 atom stereocenters. The highest BCUT2D eigenvalue weighted by atomic mass is 32.2. The zero-order valence-corrected chi connectivity index (χ0v) is 20.6. The maximum Gasteiger partial charge on any atom is 0.269 e. The van der Waals surface area contributed by atoms with Crippen LogP contribution in [0, 0.1) is 6.92 Å². The molecule has 0 bridgehead atoms. The summed E-state index contributed by atoms with van der Waals surface area (Å²) in [6.45, 7) is 6.14. The van der Waals surface area contributed by atoms with E-state index in [-0.39, 0.29) is 17.6 Å². The van der Waals surface area contributed by atoms with Gasteiger partial charge in [0.15, 0.2) is 0 Å². The van der Waals surface area contributed by atoms with Crippen LogP contribution in [-0.2, 0) is 14.5 Å². The molecule has 0 saturated carbocycles. The lowest BCUT2D eigenvalue weighted by Crippen LogP contribution is -2.54. The Morgan fingerprint density at radius 3 is 2.23 bits per heavy atom. The van der Waals surface area contributed by atoms with Crippen molar-refractivity contribution >= 4 is 40.6 Å². The van der Waals surface area contributed by atoms with Gasteiger partial charge in [-0.3, -0.25) is 24.3 Å². The van der Waals surface area contributed by atoms with Crippen molar-refractivity contribution in [3.63, 3.8) is 0 Å². The minimum Gasteiger partial charge on any atom is -0.369 e. The van der Waals surface area contributed by atoms with Gasteiger partial charge in [-0.05, 0) is 37.3 Å². The number of rotatable bonds is 4. The largest absolute Gasteiger partial charge is 0.369 e. The zero-order valence-electron chi connectivity index (χ0n) is 19.8. The van der Waals surface area contributed by atoms with Crippen LogP contribution in [0.15, 0.2) is 78.9 Å². The van der Waals surface area contributed by atoms with Crippen LogP contribution in [0.2, 0.25) is 0 Å². The van der Waals surface area contributed by atoms with E-state index in [0.717, 1.165) is 48.7 Å². The zero-order chi connectivity index (χ0) is 24.0. The topological polar surface area (TPSA) is 47.1 Å². The predicted octanol–water partition coefficient (Wildman–Crippen LogP) is 4.05. The van der Waals surface area contributed by atoms with Crippen LogP contribution < -0.4 is 14.7 Å². The molecule has 6 nitrogen and oxygen atoms in total. The van der Waals surface area contributed by atoms with Gasteiger partial charge in [-0.25, -0.2) is 0 Å². The van der Waals surface area contributed by atoms with Crippen molar-refractivity contribution in [1.29, 1.82) is 0 Å². The minimum atomic E-state index is -1.05. The summed E-state index contributed by atoms with van der Waals surface area (Å²) in [4.78, 5) is 34.7. The number of piperazine rings is 1. The van der Waals surface area contributed by atoms with Gasteiger partial charge in [-0.15, -0.1) is 11.8 Å². The molecule has 2 fully saturated rings. The third-order valence-electron chi connectivity index (χ3n) is 7.19. The van der Waals surface area contributed by atoms with E-state index in [1.165, 1.54) is 17.4 Å². The van der Waals surface area contributed by atoms with Gasteiger partial charge in [0.25, 0.3) is 5.91 Å². The highest BCUT2D eigenvalue weighted by Crippen LogP contribution is 2.55. The van der Waals surface area contributed by atoms with E-state index < -0.39 is 4.87 Å². The van der Waals surface area contributed by atoms with Crippen molar-refractivity contribution < 1.29 is 9.59 Å². The number of fused-ring (bicyclic) bond motifs is 2. The van der Waals surface area contributed by atoms with Crippen LogP contribution in [0.5, 0.6) is 0 Å². The molecule has 0 radical (unpaired) electrons. The first-order valence-electron chi connectivity index (χ1n) is 12.1. The molecule has 0 aromatic heterocycles. The van der Waals surface area contributed by atoms with Gasteiger partial charge in [-0.2, -0.15) is 0 Å². The van der Waals surface area contributed by atoms with Gasteiger partial charge >= 0.3 is 0 Å². The minimum absolute atomic E-state index is 0.0272. The number of hydrogen-bond donors (Lipinski definition) is 0. The summed E-state index contributed by atoms with van der Waals surface area (Å²) >= 11 is 1.44. The second kappa shape index (κ2) is 8.73. The lowest BCUT2D eigenvalue weighted by molar-refractivity contribution is -0.124. The van der Waals surface area contributed by atoms with E-state index >= 15 is 0 Å². The molecule has 178 valence electrons. The molecule has 3 aliphatic rings. The van der Waals surface area contributed by atoms with E-state index in [9.17, 15) is 9.59 Å². The summed E-state index contributed by atoms with van der Waals surface area (Å²) in [6, 6.07) is 26.3. The predicted molar refractivity (Wildman–Crippen MR) is 142 cm³/mol. The Kier molecular flexibility index (Phi) is 5.54. The molecule has 3 aromatic rings. The van der Waals surface area contributed by atoms with Crippen LogP contribution >= 0.6 is 11.8 Å². The third-order valence-corrected chi connectivity index (χ3v) is 8.58. The Morgan fingerprint density at radius 1 is 0.800 bits per heavy atom. The Labute approximate surface area is 210 Å². The highest BCUT2D eigenvalue weighted by Gasteiger charge is 2.61. The fraction of sp³-hybridized carbons (Fsp3) is 0.286. The number of benzene rings is 3. The molecule has 2 amide bonds. The molecule has 7 heteroatoms. The maximum atomic E-state index is 14.2. The van der Waals surface area contributed by atoms with Crippen molar-refractivity contribution in [2.45, 2.75) is 11.8 Å². The molecular formula is C28H28N4O2S. The molecule has 3 aromatic carbocycles. The van der Waals surface area contributed by atoms with Gasteiger partial charge < -0.3 is 4.90 Å². The number of hydrogen-bond acceptors (Lipinski definition) is 5. The van der Waals surface area contributed by atoms with Gasteiger partial charge in [0, 0.05) is 43.1 Å². The van der Waals surface area contributed by atoms with Gasteiger partial charge in [-0.1, -0.05) is 54.1 Å². The smallest absolute Gasteiger partial charge is 0.269 e. The first kappa shape index (κ1) is 22.2. The van der Waals surface area contributed by atoms with Crippen LogP contribution in [0.3, 0.4) is 0 Å². The molecule has 3 aliphatic heterocycles. The fourth-order valence-electron chi connectivity index (χ4n) is 5.38. The van der Waals surface area contributed by atoms with Gasteiger partial charge in [0.05, 0.1) is 18.1 Å². The molecule has 6 rings (SSSR count). The summed E-state index contributed by atoms with van der Waals surface area (Å²) in [7, 11) is 0. The second-order valence-corrected chi connectivity index (χ2v) is 10.5. The van der Waals surface area contributed by atoms with Crippen molar-refractivity contribution in [3.05, 3.63) is 90.0 Å². The van der Waals surface area contributed by atoms with Crippen LogP contribution in [0.1, 0.15) is 11.1 Å². The molecule has 1 unspecified atom stereocenters. The number of nitrogens with zero attached hydrogens (tertiary/aromatic N) is 4. The van der Waals surface area contributed by atoms with Crippen molar-refractivity contribution in [1.82, 2.24) is 4.90 Å². The fourth-order valence-corrected chi connectivity index (χ4v) is 6.74. The average Bonchev–Trinajstić information content (AvgIpc) is 3.36. The second-order valence-electron chi connectivity index (χ2n) is 9.33. The van der Waals surface area contributed by atoms with Crippen LogP contribution in [0.25, 0.3) is 0 Å². The SMILES string of the molecule is Cc1ccc(N2C(=O)CSC23C(=O)N(CN2CCN(c4ccccc4)CC2)c2ccccc23)cc1. The molecule has 0 aliphatic carbocycles. The Balaban J connectivity index is 1.28. The number of aryl methyl sites for hydroxylation is 1. The van der Waals surface area contributed by atoms with E-state index in [4.69, 9.17) is 0 Å². The molecule has 35 heavy (non-hydrogen) atoms. The summed E-state index contributed by atoms with van der Waals surface area (Å²) in [5.74, 6) is 0.235. The average molecular weight is 485 g/mol. The molecular weight excluding hydrogens is 456 g/mol. The number of carbonyl (C=O) groups excluding carboxylic acids is 2. The monoisotopic (exact) mass is 484 g/mol. The Morgan fingerprint density at radius 2 is 1.49 bits per heavy atom.